The molecule has 2 rings (SSSR count). The summed E-state index contributed by atoms with van der Waals surface area (Å²) in [5, 5.41) is 2.69. The summed E-state index contributed by atoms with van der Waals surface area (Å²) in [4.78, 5) is 12.2. The molecule has 2 aromatic rings. The van der Waals surface area contributed by atoms with Crippen LogP contribution in [0.25, 0.3) is 0 Å². The number of halogens is 1. The van der Waals surface area contributed by atoms with Crippen molar-refractivity contribution >= 4 is 28.8 Å². The van der Waals surface area contributed by atoms with Crippen LogP contribution < -0.4 is 11.1 Å². The zero-order chi connectivity index (χ0) is 14.7. The van der Waals surface area contributed by atoms with Gasteiger partial charge in [-0.05, 0) is 37.3 Å². The van der Waals surface area contributed by atoms with Crippen molar-refractivity contribution in [1.82, 2.24) is 0 Å². The van der Waals surface area contributed by atoms with Crippen molar-refractivity contribution in [2.24, 2.45) is 5.73 Å². The summed E-state index contributed by atoms with van der Waals surface area (Å²) in [7, 11) is 0. The normalized spacial score (nSPS) is 10.1. The van der Waals surface area contributed by atoms with Crippen molar-refractivity contribution in [2.75, 3.05) is 5.32 Å². The lowest BCUT2D eigenvalue weighted by molar-refractivity contribution is 0.102. The van der Waals surface area contributed by atoms with E-state index in [4.69, 9.17) is 18.0 Å². The van der Waals surface area contributed by atoms with E-state index in [9.17, 15) is 9.18 Å². The van der Waals surface area contributed by atoms with Gasteiger partial charge in [0.05, 0.1) is 5.69 Å². The van der Waals surface area contributed by atoms with E-state index in [0.717, 1.165) is 5.56 Å². The van der Waals surface area contributed by atoms with E-state index >= 15 is 0 Å². The summed E-state index contributed by atoms with van der Waals surface area (Å²) in [5.74, 6) is -0.751. The molecule has 0 fully saturated rings. The molecule has 3 nitrogen and oxygen atoms in total. The van der Waals surface area contributed by atoms with Crippen LogP contribution in [0.5, 0.6) is 0 Å². The van der Waals surface area contributed by atoms with Crippen LogP contribution in [0.15, 0.2) is 42.5 Å². The van der Waals surface area contributed by atoms with Gasteiger partial charge in [-0.1, -0.05) is 29.9 Å². The third-order valence-electron chi connectivity index (χ3n) is 2.78. The Morgan fingerprint density at radius 3 is 2.65 bits per heavy atom. The Labute approximate surface area is 121 Å². The molecule has 0 atom stereocenters. The molecule has 0 unspecified atom stereocenters. The molecular formula is C15H13FN2OS. The molecular weight excluding hydrogens is 275 g/mol. The van der Waals surface area contributed by atoms with Gasteiger partial charge in [0.1, 0.15) is 10.8 Å². The van der Waals surface area contributed by atoms with Crippen molar-refractivity contribution < 1.29 is 9.18 Å². The Kier molecular flexibility index (Phi) is 4.10. The predicted octanol–water partition coefficient (Wildman–Crippen LogP) is 3.02. The molecule has 0 spiro atoms. The van der Waals surface area contributed by atoms with Crippen LogP contribution in [0.2, 0.25) is 0 Å². The lowest BCUT2D eigenvalue weighted by atomic mass is 10.1. The van der Waals surface area contributed by atoms with Gasteiger partial charge in [-0.25, -0.2) is 4.39 Å². The largest absolute Gasteiger partial charge is 0.389 e. The van der Waals surface area contributed by atoms with E-state index in [-0.39, 0.29) is 10.9 Å². The number of benzene rings is 2. The number of hydrogen-bond acceptors (Lipinski definition) is 2. The van der Waals surface area contributed by atoms with Gasteiger partial charge in [0, 0.05) is 11.1 Å². The van der Waals surface area contributed by atoms with Crippen molar-refractivity contribution in [3.8, 4) is 0 Å². The fourth-order valence-electron chi connectivity index (χ4n) is 1.81. The third-order valence-corrected chi connectivity index (χ3v) is 3.00. The van der Waals surface area contributed by atoms with Gasteiger partial charge in [-0.3, -0.25) is 4.79 Å². The van der Waals surface area contributed by atoms with Crippen LogP contribution in [-0.2, 0) is 0 Å². The molecule has 0 heterocycles. The molecule has 2 aromatic carbocycles. The number of hydrogen-bond donors (Lipinski definition) is 2. The summed E-state index contributed by atoms with van der Waals surface area (Å²) in [6.45, 7) is 1.90. The number of nitrogens with two attached hydrogens (primary N) is 1. The zero-order valence-corrected chi connectivity index (χ0v) is 11.6. The maximum absolute atomic E-state index is 13.2. The fraction of sp³-hybridized carbons (Fsp3) is 0.0667. The molecule has 0 saturated heterocycles. The smallest absolute Gasteiger partial charge is 0.255 e. The summed E-state index contributed by atoms with van der Waals surface area (Å²) in [6.07, 6.45) is 0. The SMILES string of the molecule is Cc1cccc(C(=O)Nc2ccc(F)cc2C(N)=S)c1. The number of amides is 1. The molecule has 0 bridgehead atoms. The van der Waals surface area contributed by atoms with Crippen LogP contribution in [0, 0.1) is 12.7 Å². The zero-order valence-electron chi connectivity index (χ0n) is 10.8. The van der Waals surface area contributed by atoms with Crippen LogP contribution in [0.1, 0.15) is 21.5 Å². The molecule has 102 valence electrons. The van der Waals surface area contributed by atoms with Crippen molar-refractivity contribution in [3.05, 3.63) is 65.0 Å². The second-order valence-corrected chi connectivity index (χ2v) is 4.82. The molecule has 0 aliphatic carbocycles. The van der Waals surface area contributed by atoms with Gasteiger partial charge in [0.15, 0.2) is 0 Å². The highest BCUT2D eigenvalue weighted by molar-refractivity contribution is 7.80. The van der Waals surface area contributed by atoms with Crippen LogP contribution in [0.3, 0.4) is 0 Å². The van der Waals surface area contributed by atoms with E-state index < -0.39 is 5.82 Å². The molecule has 0 aliphatic rings. The number of thiocarbonyl (C=S) groups is 1. The average Bonchev–Trinajstić information content (AvgIpc) is 2.40. The van der Waals surface area contributed by atoms with E-state index in [0.29, 0.717) is 16.8 Å². The highest BCUT2D eigenvalue weighted by atomic mass is 32.1. The van der Waals surface area contributed by atoms with Gasteiger partial charge in [0.2, 0.25) is 0 Å². The highest BCUT2D eigenvalue weighted by Crippen LogP contribution is 2.18. The van der Waals surface area contributed by atoms with Gasteiger partial charge in [0.25, 0.3) is 5.91 Å². The van der Waals surface area contributed by atoms with E-state index in [1.54, 1.807) is 18.2 Å². The minimum Gasteiger partial charge on any atom is -0.389 e. The Bertz CT molecular complexity index is 685. The first-order valence-corrected chi connectivity index (χ1v) is 6.35. The molecule has 0 aliphatic heterocycles. The highest BCUT2D eigenvalue weighted by Gasteiger charge is 2.11. The molecule has 20 heavy (non-hydrogen) atoms. The van der Waals surface area contributed by atoms with E-state index in [1.165, 1.54) is 18.2 Å². The summed E-state index contributed by atoms with van der Waals surface area (Å²) in [6, 6.07) is 11.0. The number of aryl methyl sites for hydroxylation is 1. The van der Waals surface area contributed by atoms with Crippen LogP contribution in [0.4, 0.5) is 10.1 Å². The molecule has 3 N–H and O–H groups in total. The van der Waals surface area contributed by atoms with Gasteiger partial charge < -0.3 is 11.1 Å². The minimum absolute atomic E-state index is 0.0315. The molecule has 0 aromatic heterocycles. The van der Waals surface area contributed by atoms with Gasteiger partial charge in [-0.15, -0.1) is 0 Å². The lowest BCUT2D eigenvalue weighted by Crippen LogP contribution is -2.18. The minimum atomic E-state index is -0.457. The quantitative estimate of drug-likeness (QED) is 0.854. The van der Waals surface area contributed by atoms with Gasteiger partial charge >= 0.3 is 0 Å². The average molecular weight is 288 g/mol. The molecule has 0 radical (unpaired) electrons. The number of anilines is 1. The van der Waals surface area contributed by atoms with Crippen molar-refractivity contribution in [3.63, 3.8) is 0 Å². The Morgan fingerprint density at radius 1 is 1.25 bits per heavy atom. The Morgan fingerprint density at radius 2 is 2.00 bits per heavy atom. The number of carbonyl (C=O) groups excluding carboxylic acids is 1. The topological polar surface area (TPSA) is 55.1 Å². The summed E-state index contributed by atoms with van der Waals surface area (Å²) >= 11 is 4.86. The monoisotopic (exact) mass is 288 g/mol. The molecule has 5 heteroatoms. The Hall–Kier alpha value is -2.27. The van der Waals surface area contributed by atoms with Gasteiger partial charge in [-0.2, -0.15) is 0 Å². The number of rotatable bonds is 3. The number of carbonyl (C=O) groups is 1. The lowest BCUT2D eigenvalue weighted by Gasteiger charge is -2.10. The summed E-state index contributed by atoms with van der Waals surface area (Å²) < 4.78 is 13.2. The standard InChI is InChI=1S/C15H13FN2OS/c1-9-3-2-4-10(7-9)15(19)18-13-6-5-11(16)8-12(13)14(17)20/h2-8H,1H3,(H2,17,20)(H,18,19). The van der Waals surface area contributed by atoms with Crippen molar-refractivity contribution in [1.29, 1.82) is 0 Å². The maximum Gasteiger partial charge on any atom is 0.255 e. The van der Waals surface area contributed by atoms with Crippen LogP contribution >= 0.6 is 12.2 Å². The predicted molar refractivity (Wildman–Crippen MR) is 81.4 cm³/mol. The fourth-order valence-corrected chi connectivity index (χ4v) is 1.98. The summed E-state index contributed by atoms with van der Waals surface area (Å²) in [5.41, 5.74) is 7.73. The van der Waals surface area contributed by atoms with Crippen molar-refractivity contribution in [2.45, 2.75) is 6.92 Å². The maximum atomic E-state index is 13.2. The second-order valence-electron chi connectivity index (χ2n) is 4.38. The third kappa shape index (κ3) is 3.19. The van der Waals surface area contributed by atoms with E-state index in [2.05, 4.69) is 5.32 Å². The van der Waals surface area contributed by atoms with E-state index in [1.807, 2.05) is 13.0 Å². The number of nitrogens with one attached hydrogen (secondary N) is 1. The Balaban J connectivity index is 2.30. The molecule has 1 amide bonds. The first-order chi connectivity index (χ1) is 9.47. The first-order valence-electron chi connectivity index (χ1n) is 5.95. The second kappa shape index (κ2) is 5.79. The first kappa shape index (κ1) is 14.1. The van der Waals surface area contributed by atoms with Crippen LogP contribution in [-0.4, -0.2) is 10.9 Å². The molecule has 0 saturated carbocycles.